The summed E-state index contributed by atoms with van der Waals surface area (Å²) in [6.07, 6.45) is 4.86. The fourth-order valence-corrected chi connectivity index (χ4v) is 2.90. The molecule has 29 heavy (non-hydrogen) atoms. The Bertz CT molecular complexity index is 1180. The van der Waals surface area contributed by atoms with Crippen LogP contribution in [0.4, 0.5) is 5.88 Å². The smallest absolute Gasteiger partial charge is 0.272 e. The Morgan fingerprint density at radius 2 is 1.90 bits per heavy atom. The van der Waals surface area contributed by atoms with Gasteiger partial charge in [-0.1, -0.05) is 18.2 Å². The number of aromatic nitrogens is 2. The molecule has 3 aromatic heterocycles. The second kappa shape index (κ2) is 7.93. The van der Waals surface area contributed by atoms with E-state index in [2.05, 4.69) is 20.5 Å². The van der Waals surface area contributed by atoms with Crippen molar-refractivity contribution in [1.82, 2.24) is 15.4 Å². The number of fused-ring (bicyclic) bond motifs is 1. The van der Waals surface area contributed by atoms with Gasteiger partial charge in [0, 0.05) is 43.5 Å². The number of amides is 1. The lowest BCUT2D eigenvalue weighted by Gasteiger charge is -2.08. The van der Waals surface area contributed by atoms with Gasteiger partial charge in [0.1, 0.15) is 5.76 Å². The van der Waals surface area contributed by atoms with Crippen LogP contribution in [0.3, 0.4) is 0 Å². The Kier molecular flexibility index (Phi) is 5.03. The third kappa shape index (κ3) is 3.98. The quantitative estimate of drug-likeness (QED) is 0.418. The maximum atomic E-state index is 12.8. The summed E-state index contributed by atoms with van der Waals surface area (Å²) in [6, 6.07) is 16.6. The first kappa shape index (κ1) is 18.4. The molecule has 3 heterocycles. The van der Waals surface area contributed by atoms with Gasteiger partial charge in [-0.15, -0.1) is 0 Å². The molecule has 1 aromatic carbocycles. The molecule has 4 rings (SSSR count). The molecular formula is C22H19N5O2. The van der Waals surface area contributed by atoms with E-state index in [1.54, 1.807) is 24.5 Å². The zero-order valence-electron chi connectivity index (χ0n) is 16.0. The van der Waals surface area contributed by atoms with E-state index in [0.717, 1.165) is 16.5 Å². The van der Waals surface area contributed by atoms with Gasteiger partial charge < -0.3 is 9.32 Å². The molecule has 0 unspecified atom stereocenters. The molecular weight excluding hydrogens is 366 g/mol. The first-order chi connectivity index (χ1) is 14.1. The number of carbonyl (C=O) groups excluding carboxylic acids is 1. The summed E-state index contributed by atoms with van der Waals surface area (Å²) in [7, 11) is 3.77. The van der Waals surface area contributed by atoms with Crippen LogP contribution in [0.15, 0.2) is 76.5 Å². The molecule has 0 radical (unpaired) electrons. The summed E-state index contributed by atoms with van der Waals surface area (Å²) < 4.78 is 5.59. The Hall–Kier alpha value is -4.00. The summed E-state index contributed by atoms with van der Waals surface area (Å²) in [5.41, 5.74) is 5.38. The number of furan rings is 1. The maximum Gasteiger partial charge on any atom is 0.272 e. The number of nitrogens with one attached hydrogen (secondary N) is 1. The molecule has 0 bridgehead atoms. The third-order valence-electron chi connectivity index (χ3n) is 4.35. The number of hydrogen-bond acceptors (Lipinski definition) is 6. The van der Waals surface area contributed by atoms with Crippen molar-refractivity contribution < 1.29 is 9.21 Å². The lowest BCUT2D eigenvalue weighted by Crippen LogP contribution is -2.18. The van der Waals surface area contributed by atoms with Crippen LogP contribution in [-0.2, 0) is 0 Å². The number of nitrogens with zero attached hydrogens (tertiary/aromatic N) is 4. The molecule has 144 valence electrons. The van der Waals surface area contributed by atoms with E-state index in [0.29, 0.717) is 22.9 Å². The fourth-order valence-electron chi connectivity index (χ4n) is 2.90. The molecule has 0 atom stereocenters. The van der Waals surface area contributed by atoms with Gasteiger partial charge in [0.15, 0.2) is 5.88 Å². The molecule has 0 fully saturated rings. The van der Waals surface area contributed by atoms with Crippen molar-refractivity contribution in [2.45, 2.75) is 0 Å². The van der Waals surface area contributed by atoms with Crippen LogP contribution >= 0.6 is 0 Å². The minimum atomic E-state index is -0.324. The molecule has 1 amide bonds. The molecule has 4 aromatic rings. The van der Waals surface area contributed by atoms with Gasteiger partial charge in [0.05, 0.1) is 23.0 Å². The largest absolute Gasteiger partial charge is 0.440 e. The van der Waals surface area contributed by atoms with Gasteiger partial charge in [0.25, 0.3) is 5.91 Å². The molecule has 0 spiro atoms. The van der Waals surface area contributed by atoms with Crippen molar-refractivity contribution in [3.05, 3.63) is 78.3 Å². The first-order valence-corrected chi connectivity index (χ1v) is 9.02. The van der Waals surface area contributed by atoms with Crippen LogP contribution in [0.2, 0.25) is 0 Å². The van der Waals surface area contributed by atoms with Gasteiger partial charge in [-0.3, -0.25) is 9.78 Å². The average Bonchev–Trinajstić information content (AvgIpc) is 3.23. The highest BCUT2D eigenvalue weighted by Gasteiger charge is 2.13. The van der Waals surface area contributed by atoms with Crippen molar-refractivity contribution in [1.29, 1.82) is 0 Å². The average molecular weight is 385 g/mol. The van der Waals surface area contributed by atoms with E-state index in [1.807, 2.05) is 61.5 Å². The maximum absolute atomic E-state index is 12.8. The molecule has 0 saturated carbocycles. The van der Waals surface area contributed by atoms with Crippen molar-refractivity contribution in [3.63, 3.8) is 0 Å². The van der Waals surface area contributed by atoms with E-state index < -0.39 is 0 Å². The van der Waals surface area contributed by atoms with Gasteiger partial charge in [-0.2, -0.15) is 5.10 Å². The van der Waals surface area contributed by atoms with Gasteiger partial charge in [0.2, 0.25) is 0 Å². The highest BCUT2D eigenvalue weighted by Crippen LogP contribution is 2.24. The molecule has 7 nitrogen and oxygen atoms in total. The molecule has 0 aliphatic carbocycles. The van der Waals surface area contributed by atoms with E-state index in [9.17, 15) is 4.79 Å². The number of hydrogen-bond donors (Lipinski definition) is 1. The Morgan fingerprint density at radius 1 is 1.10 bits per heavy atom. The predicted octanol–water partition coefficient (Wildman–Crippen LogP) is 3.72. The zero-order valence-corrected chi connectivity index (χ0v) is 16.0. The Morgan fingerprint density at radius 3 is 2.66 bits per heavy atom. The predicted molar refractivity (Wildman–Crippen MR) is 113 cm³/mol. The van der Waals surface area contributed by atoms with Crippen LogP contribution < -0.4 is 10.3 Å². The second-order valence-electron chi connectivity index (χ2n) is 6.58. The van der Waals surface area contributed by atoms with Crippen LogP contribution in [0.1, 0.15) is 16.1 Å². The summed E-state index contributed by atoms with van der Waals surface area (Å²) in [4.78, 5) is 23.4. The van der Waals surface area contributed by atoms with Gasteiger partial charge in [-0.05, 0) is 30.3 Å². The van der Waals surface area contributed by atoms with E-state index in [1.165, 1.54) is 6.21 Å². The molecule has 1 N–H and O–H groups in total. The topological polar surface area (TPSA) is 83.6 Å². The fraction of sp³-hybridized carbons (Fsp3) is 0.0909. The monoisotopic (exact) mass is 385 g/mol. The molecule has 7 heteroatoms. The van der Waals surface area contributed by atoms with Crippen molar-refractivity contribution in [2.75, 3.05) is 19.0 Å². The summed E-state index contributed by atoms with van der Waals surface area (Å²) >= 11 is 0. The van der Waals surface area contributed by atoms with Gasteiger partial charge in [-0.25, -0.2) is 10.4 Å². The molecule has 0 aliphatic rings. The summed E-state index contributed by atoms with van der Waals surface area (Å²) in [5.74, 6) is 0.931. The minimum Gasteiger partial charge on any atom is -0.440 e. The molecule has 0 aliphatic heterocycles. The normalized spacial score (nSPS) is 11.1. The van der Waals surface area contributed by atoms with Crippen LogP contribution in [0.5, 0.6) is 0 Å². The van der Waals surface area contributed by atoms with Crippen molar-refractivity contribution >= 4 is 28.9 Å². The van der Waals surface area contributed by atoms with Crippen LogP contribution in [0.25, 0.3) is 22.2 Å². The van der Waals surface area contributed by atoms with Crippen LogP contribution in [-0.4, -0.2) is 36.2 Å². The number of pyridine rings is 2. The highest BCUT2D eigenvalue weighted by atomic mass is 16.4. The number of anilines is 1. The number of para-hydroxylation sites is 1. The third-order valence-corrected chi connectivity index (χ3v) is 4.35. The standard InChI is InChI=1S/C22H19N5O2/c1-27(2)21-8-7-16(29-21)14-24-26-22(28)18-13-20(15-9-11-23-12-10-15)25-19-6-4-3-5-17(18)19/h3-14H,1-2H3,(H,26,28). The first-order valence-electron chi connectivity index (χ1n) is 9.02. The van der Waals surface area contributed by atoms with Crippen LogP contribution in [0, 0.1) is 0 Å². The van der Waals surface area contributed by atoms with Gasteiger partial charge >= 0.3 is 0 Å². The molecule has 0 saturated heterocycles. The Labute approximate surface area is 167 Å². The number of benzene rings is 1. The summed E-state index contributed by atoms with van der Waals surface area (Å²) in [6.45, 7) is 0. The second-order valence-corrected chi connectivity index (χ2v) is 6.58. The number of carbonyl (C=O) groups is 1. The SMILES string of the molecule is CN(C)c1ccc(C=NNC(=O)c2cc(-c3ccncc3)nc3ccccc23)o1. The van der Waals surface area contributed by atoms with E-state index in [4.69, 9.17) is 4.42 Å². The van der Waals surface area contributed by atoms with Crippen molar-refractivity contribution in [2.24, 2.45) is 5.10 Å². The minimum absolute atomic E-state index is 0.324. The lowest BCUT2D eigenvalue weighted by molar-refractivity contribution is 0.0956. The van der Waals surface area contributed by atoms with E-state index >= 15 is 0 Å². The highest BCUT2D eigenvalue weighted by molar-refractivity contribution is 6.07. The van der Waals surface area contributed by atoms with Crippen molar-refractivity contribution in [3.8, 4) is 11.3 Å². The number of hydrazone groups is 1. The lowest BCUT2D eigenvalue weighted by atomic mass is 10.0. The van der Waals surface area contributed by atoms with E-state index in [-0.39, 0.29) is 5.91 Å². The summed E-state index contributed by atoms with van der Waals surface area (Å²) in [5, 5.41) is 4.79. The Balaban J connectivity index is 1.63. The number of rotatable bonds is 5. The zero-order chi connectivity index (χ0) is 20.2.